The smallest absolute Gasteiger partial charge is 0.232 e. The minimum Gasteiger partial charge on any atom is -0.309 e. The first-order valence-electron chi connectivity index (χ1n) is 7.20. The number of aromatic nitrogens is 3. The molecule has 2 aromatic rings. The van der Waals surface area contributed by atoms with Gasteiger partial charge in [0.15, 0.2) is 5.16 Å². The molecule has 0 atom stereocenters. The fraction of sp³-hybridized carbons (Fsp3) is 0.467. The first-order chi connectivity index (χ1) is 9.79. The summed E-state index contributed by atoms with van der Waals surface area (Å²) in [6.07, 6.45) is 2.46. The fourth-order valence-electron chi connectivity index (χ4n) is 2.36. The van der Waals surface area contributed by atoms with Crippen LogP contribution in [0.5, 0.6) is 0 Å². The van der Waals surface area contributed by atoms with Crippen molar-refractivity contribution in [3.63, 3.8) is 0 Å². The molecule has 5 heteroatoms. The van der Waals surface area contributed by atoms with Crippen molar-refractivity contribution in [1.29, 1.82) is 0 Å². The summed E-state index contributed by atoms with van der Waals surface area (Å²) in [7, 11) is 0. The Morgan fingerprint density at radius 1 is 1.15 bits per heavy atom. The zero-order valence-electron chi connectivity index (χ0n) is 12.0. The Kier molecular flexibility index (Phi) is 3.96. The molecule has 20 heavy (non-hydrogen) atoms. The molecule has 106 valence electrons. The van der Waals surface area contributed by atoms with Gasteiger partial charge in [-0.25, -0.2) is 0 Å². The average molecular weight is 288 g/mol. The molecule has 0 unspecified atom stereocenters. The molecular weight excluding hydrogens is 268 g/mol. The van der Waals surface area contributed by atoms with Crippen molar-refractivity contribution in [3.05, 3.63) is 29.8 Å². The molecule has 1 aromatic heterocycles. The first-order valence-corrected chi connectivity index (χ1v) is 8.18. The highest BCUT2D eigenvalue weighted by atomic mass is 32.2. The number of unbranched alkanes of at least 4 members (excludes halogenated alkanes) is 1. The Morgan fingerprint density at radius 3 is 2.70 bits per heavy atom. The second kappa shape index (κ2) is 5.87. The normalized spacial score (nSPS) is 13.8. The van der Waals surface area contributed by atoms with Crippen LogP contribution in [0, 0.1) is 6.92 Å². The maximum absolute atomic E-state index is 4.37. The van der Waals surface area contributed by atoms with Crippen LogP contribution in [0.2, 0.25) is 0 Å². The predicted molar refractivity (Wildman–Crippen MR) is 83.8 cm³/mol. The predicted octanol–water partition coefficient (Wildman–Crippen LogP) is 3.63. The van der Waals surface area contributed by atoms with Crippen molar-refractivity contribution in [3.8, 4) is 0 Å². The van der Waals surface area contributed by atoms with Crippen LogP contribution in [0.25, 0.3) is 0 Å². The van der Waals surface area contributed by atoms with Crippen LogP contribution in [0.1, 0.15) is 25.3 Å². The molecule has 0 fully saturated rings. The van der Waals surface area contributed by atoms with E-state index < -0.39 is 0 Å². The van der Waals surface area contributed by atoms with Crippen molar-refractivity contribution in [1.82, 2.24) is 14.8 Å². The van der Waals surface area contributed by atoms with Crippen molar-refractivity contribution in [2.75, 3.05) is 17.2 Å². The number of aryl methyl sites for hydroxylation is 1. The highest BCUT2D eigenvalue weighted by Gasteiger charge is 2.25. The number of benzene rings is 1. The SMILES string of the molecule is CCCCSc1nnc2n1CCN2c1ccc(C)cc1. The maximum atomic E-state index is 4.37. The molecule has 1 aliphatic heterocycles. The third-order valence-corrected chi connectivity index (χ3v) is 4.61. The van der Waals surface area contributed by atoms with Crippen molar-refractivity contribution >= 4 is 23.4 Å². The molecule has 0 saturated carbocycles. The van der Waals surface area contributed by atoms with E-state index in [1.807, 2.05) is 11.8 Å². The van der Waals surface area contributed by atoms with Gasteiger partial charge in [0.05, 0.1) is 0 Å². The van der Waals surface area contributed by atoms with Gasteiger partial charge in [0, 0.05) is 24.5 Å². The molecule has 0 saturated heterocycles. The Balaban J connectivity index is 1.79. The topological polar surface area (TPSA) is 34.0 Å². The molecule has 0 spiro atoms. The number of hydrogen-bond acceptors (Lipinski definition) is 4. The van der Waals surface area contributed by atoms with Gasteiger partial charge in [-0.3, -0.25) is 4.57 Å². The fourth-order valence-corrected chi connectivity index (χ4v) is 3.40. The molecule has 0 aliphatic carbocycles. The largest absolute Gasteiger partial charge is 0.309 e. The molecule has 1 aliphatic rings. The molecule has 0 amide bonds. The minimum atomic E-state index is 0.977. The van der Waals surface area contributed by atoms with Gasteiger partial charge in [0.2, 0.25) is 5.95 Å². The summed E-state index contributed by atoms with van der Waals surface area (Å²) in [6.45, 7) is 6.28. The van der Waals surface area contributed by atoms with Crippen LogP contribution in [-0.4, -0.2) is 27.1 Å². The summed E-state index contributed by atoms with van der Waals surface area (Å²) in [6, 6.07) is 8.60. The van der Waals surface area contributed by atoms with E-state index in [2.05, 4.69) is 57.8 Å². The lowest BCUT2D eigenvalue weighted by Crippen LogP contribution is -2.14. The van der Waals surface area contributed by atoms with E-state index in [1.165, 1.54) is 24.1 Å². The Bertz CT molecular complexity index is 576. The van der Waals surface area contributed by atoms with Crippen molar-refractivity contribution < 1.29 is 0 Å². The summed E-state index contributed by atoms with van der Waals surface area (Å²) in [5.41, 5.74) is 2.48. The lowest BCUT2D eigenvalue weighted by molar-refractivity contribution is 0.703. The van der Waals surface area contributed by atoms with E-state index >= 15 is 0 Å². The summed E-state index contributed by atoms with van der Waals surface area (Å²) in [5.74, 6) is 2.10. The summed E-state index contributed by atoms with van der Waals surface area (Å²) < 4.78 is 2.24. The van der Waals surface area contributed by atoms with Gasteiger partial charge in [0.25, 0.3) is 0 Å². The highest BCUT2D eigenvalue weighted by Crippen LogP contribution is 2.32. The van der Waals surface area contributed by atoms with Gasteiger partial charge in [-0.2, -0.15) is 0 Å². The minimum absolute atomic E-state index is 0.977. The second-order valence-electron chi connectivity index (χ2n) is 5.12. The third-order valence-electron chi connectivity index (χ3n) is 3.56. The number of anilines is 2. The Labute approximate surface area is 124 Å². The molecule has 0 bridgehead atoms. The van der Waals surface area contributed by atoms with Gasteiger partial charge in [-0.1, -0.05) is 42.8 Å². The number of thioether (sulfide) groups is 1. The summed E-state index contributed by atoms with van der Waals surface area (Å²) in [5, 5.41) is 9.77. The lowest BCUT2D eigenvalue weighted by atomic mass is 10.2. The second-order valence-corrected chi connectivity index (χ2v) is 6.19. The lowest BCUT2D eigenvalue weighted by Gasteiger charge is -2.15. The summed E-state index contributed by atoms with van der Waals surface area (Å²) in [4.78, 5) is 2.25. The highest BCUT2D eigenvalue weighted by molar-refractivity contribution is 7.99. The quantitative estimate of drug-likeness (QED) is 0.621. The van der Waals surface area contributed by atoms with Crippen LogP contribution in [0.15, 0.2) is 29.4 Å². The van der Waals surface area contributed by atoms with Gasteiger partial charge < -0.3 is 4.90 Å². The van der Waals surface area contributed by atoms with Gasteiger partial charge in [0.1, 0.15) is 0 Å². The monoisotopic (exact) mass is 288 g/mol. The molecule has 1 aromatic carbocycles. The van der Waals surface area contributed by atoms with E-state index in [0.29, 0.717) is 0 Å². The van der Waals surface area contributed by atoms with Gasteiger partial charge in [-0.05, 0) is 25.5 Å². The third kappa shape index (κ3) is 2.54. The Hall–Kier alpha value is -1.49. The zero-order chi connectivity index (χ0) is 13.9. The molecular formula is C15H20N4S. The van der Waals surface area contributed by atoms with Crippen molar-refractivity contribution in [2.24, 2.45) is 0 Å². The first kappa shape index (κ1) is 13.5. The Morgan fingerprint density at radius 2 is 1.95 bits per heavy atom. The van der Waals surface area contributed by atoms with E-state index in [0.717, 1.165) is 29.9 Å². The van der Waals surface area contributed by atoms with Crippen LogP contribution in [0.4, 0.5) is 11.6 Å². The maximum Gasteiger partial charge on any atom is 0.232 e. The standard InChI is InChI=1S/C15H20N4S/c1-3-4-11-20-15-17-16-14-18(9-10-19(14)15)13-7-5-12(2)6-8-13/h5-8H,3-4,9-11H2,1-2H3. The van der Waals surface area contributed by atoms with Crippen LogP contribution < -0.4 is 4.90 Å². The van der Waals surface area contributed by atoms with Gasteiger partial charge in [-0.15, -0.1) is 10.2 Å². The zero-order valence-corrected chi connectivity index (χ0v) is 12.9. The summed E-state index contributed by atoms with van der Waals surface area (Å²) >= 11 is 1.82. The van der Waals surface area contributed by atoms with E-state index in [9.17, 15) is 0 Å². The van der Waals surface area contributed by atoms with Crippen LogP contribution >= 0.6 is 11.8 Å². The molecule has 0 N–H and O–H groups in total. The molecule has 4 nitrogen and oxygen atoms in total. The van der Waals surface area contributed by atoms with Crippen molar-refractivity contribution in [2.45, 2.75) is 38.4 Å². The van der Waals surface area contributed by atoms with Crippen LogP contribution in [0.3, 0.4) is 0 Å². The van der Waals surface area contributed by atoms with Gasteiger partial charge >= 0.3 is 0 Å². The van der Waals surface area contributed by atoms with E-state index in [1.54, 1.807) is 0 Å². The number of rotatable bonds is 5. The molecule has 2 heterocycles. The molecule has 3 rings (SSSR count). The van der Waals surface area contributed by atoms with Crippen LogP contribution in [-0.2, 0) is 6.54 Å². The van der Waals surface area contributed by atoms with E-state index in [4.69, 9.17) is 0 Å². The van der Waals surface area contributed by atoms with E-state index in [-0.39, 0.29) is 0 Å². The molecule has 0 radical (unpaired) electrons. The number of nitrogens with zero attached hydrogens (tertiary/aromatic N) is 4. The number of hydrogen-bond donors (Lipinski definition) is 0. The average Bonchev–Trinajstić information content (AvgIpc) is 3.03. The number of fused-ring (bicyclic) bond motifs is 1.